The van der Waals surface area contributed by atoms with Gasteiger partial charge in [0.25, 0.3) is 0 Å². The Kier molecular flexibility index (Phi) is 5.05. The zero-order valence-corrected chi connectivity index (χ0v) is 10.6. The zero-order chi connectivity index (χ0) is 14.5. The Morgan fingerprint density at radius 3 is 2.35 bits per heavy atom. The normalized spacial score (nSPS) is 15.5. The van der Waals surface area contributed by atoms with Crippen LogP contribution in [0.3, 0.4) is 0 Å². The summed E-state index contributed by atoms with van der Waals surface area (Å²) < 4.78 is 57.4. The molecule has 20 heavy (non-hydrogen) atoms. The number of ether oxygens (including phenoxy) is 2. The van der Waals surface area contributed by atoms with Crippen LogP contribution in [-0.4, -0.2) is 19.3 Å². The molecule has 1 aromatic rings. The molecule has 0 bridgehead atoms. The summed E-state index contributed by atoms with van der Waals surface area (Å²) in [6, 6.07) is 4.19. The number of rotatable bonds is 7. The van der Waals surface area contributed by atoms with Crippen LogP contribution in [-0.2, 0) is 6.54 Å². The molecule has 7 heteroatoms. The lowest BCUT2D eigenvalue weighted by atomic mass is 9.93. The fourth-order valence-electron chi connectivity index (χ4n) is 1.93. The topological polar surface area (TPSA) is 30.5 Å². The molecule has 112 valence electrons. The second kappa shape index (κ2) is 6.78. The number of nitrogens with one attached hydrogen (secondary N) is 1. The average molecular weight is 293 g/mol. The molecule has 1 aromatic carbocycles. The van der Waals surface area contributed by atoms with Gasteiger partial charge in [-0.05, 0) is 18.9 Å². The van der Waals surface area contributed by atoms with Gasteiger partial charge in [-0.1, -0.05) is 12.5 Å². The largest absolute Gasteiger partial charge is 0.435 e. The Labute approximate surface area is 113 Å². The summed E-state index contributed by atoms with van der Waals surface area (Å²) in [4.78, 5) is 0. The van der Waals surface area contributed by atoms with E-state index < -0.39 is 13.2 Å². The summed E-state index contributed by atoms with van der Waals surface area (Å²) in [5.74, 6) is -0.354. The predicted octanol–water partition coefficient (Wildman–Crippen LogP) is 3.53. The molecule has 0 aromatic heterocycles. The maximum atomic E-state index is 12.3. The molecule has 0 spiro atoms. The first kappa shape index (κ1) is 14.9. The number of hydrogen-bond acceptors (Lipinski definition) is 3. The minimum atomic E-state index is -3.01. The molecule has 2 rings (SSSR count). The minimum absolute atomic E-state index is 0.148. The highest BCUT2D eigenvalue weighted by atomic mass is 19.3. The Balaban J connectivity index is 2.06. The van der Waals surface area contributed by atoms with E-state index in [-0.39, 0.29) is 11.5 Å². The molecular formula is C13H15F4NO2. The first-order valence-electron chi connectivity index (χ1n) is 6.30. The summed E-state index contributed by atoms with van der Waals surface area (Å²) >= 11 is 0. The van der Waals surface area contributed by atoms with Gasteiger partial charge in [0, 0.05) is 24.2 Å². The van der Waals surface area contributed by atoms with Gasteiger partial charge in [-0.25, -0.2) is 0 Å². The van der Waals surface area contributed by atoms with E-state index in [0.29, 0.717) is 18.2 Å². The summed E-state index contributed by atoms with van der Waals surface area (Å²) in [6.07, 6.45) is 3.26. The third kappa shape index (κ3) is 4.26. The average Bonchev–Trinajstić information content (AvgIpc) is 2.28. The Bertz CT molecular complexity index is 438. The molecule has 0 radical (unpaired) electrons. The van der Waals surface area contributed by atoms with Crippen LogP contribution < -0.4 is 14.8 Å². The van der Waals surface area contributed by atoms with Crippen molar-refractivity contribution in [3.63, 3.8) is 0 Å². The van der Waals surface area contributed by atoms with Crippen molar-refractivity contribution >= 4 is 0 Å². The highest BCUT2D eigenvalue weighted by Gasteiger charge is 2.18. The van der Waals surface area contributed by atoms with Crippen LogP contribution in [0.2, 0.25) is 0 Å². The van der Waals surface area contributed by atoms with Gasteiger partial charge in [-0.2, -0.15) is 17.6 Å². The molecule has 1 saturated carbocycles. The van der Waals surface area contributed by atoms with Crippen molar-refractivity contribution in [2.45, 2.75) is 45.1 Å². The van der Waals surface area contributed by atoms with Crippen molar-refractivity contribution in [2.24, 2.45) is 0 Å². The summed E-state index contributed by atoms with van der Waals surface area (Å²) in [5.41, 5.74) is 0.485. The maximum Gasteiger partial charge on any atom is 0.387 e. The molecule has 3 nitrogen and oxygen atoms in total. The first-order valence-corrected chi connectivity index (χ1v) is 6.30. The zero-order valence-electron chi connectivity index (χ0n) is 10.6. The number of hydrogen-bond donors (Lipinski definition) is 1. The quantitative estimate of drug-likeness (QED) is 0.780. The van der Waals surface area contributed by atoms with E-state index in [1.165, 1.54) is 12.1 Å². The number of benzene rings is 1. The summed E-state index contributed by atoms with van der Waals surface area (Å²) in [5, 5.41) is 3.20. The highest BCUT2D eigenvalue weighted by molar-refractivity contribution is 5.40. The van der Waals surface area contributed by atoms with Crippen molar-refractivity contribution in [2.75, 3.05) is 0 Å². The third-order valence-corrected chi connectivity index (χ3v) is 3.17. The van der Waals surface area contributed by atoms with E-state index in [1.807, 2.05) is 0 Å². The lowest BCUT2D eigenvalue weighted by molar-refractivity contribution is -0.0547. The number of alkyl halides is 4. The van der Waals surface area contributed by atoms with Gasteiger partial charge in [0.2, 0.25) is 0 Å². The molecular weight excluding hydrogens is 278 g/mol. The molecule has 0 heterocycles. The van der Waals surface area contributed by atoms with Gasteiger partial charge in [0.15, 0.2) is 0 Å². The van der Waals surface area contributed by atoms with Crippen LogP contribution in [0.15, 0.2) is 18.2 Å². The van der Waals surface area contributed by atoms with Gasteiger partial charge >= 0.3 is 13.2 Å². The van der Waals surface area contributed by atoms with E-state index >= 15 is 0 Å². The second-order valence-corrected chi connectivity index (χ2v) is 4.54. The number of halogens is 4. The van der Waals surface area contributed by atoms with Crippen LogP contribution in [0, 0.1) is 0 Å². The predicted molar refractivity (Wildman–Crippen MR) is 64.2 cm³/mol. The molecule has 1 N–H and O–H groups in total. The fraction of sp³-hybridized carbons (Fsp3) is 0.538. The van der Waals surface area contributed by atoms with Crippen LogP contribution in [0.4, 0.5) is 17.6 Å². The third-order valence-electron chi connectivity index (χ3n) is 3.17. The Hall–Kier alpha value is -1.50. The van der Waals surface area contributed by atoms with Crippen LogP contribution in [0.5, 0.6) is 11.5 Å². The van der Waals surface area contributed by atoms with Crippen molar-refractivity contribution < 1.29 is 27.0 Å². The standard InChI is InChI=1S/C13H15F4NO2/c14-12(15)19-10-5-4-8(7-18-9-2-1-3-9)11(6-10)20-13(16)17/h4-6,9,12-13,18H,1-3,7H2. The molecule has 0 unspecified atom stereocenters. The lowest BCUT2D eigenvalue weighted by Crippen LogP contribution is -2.34. The second-order valence-electron chi connectivity index (χ2n) is 4.54. The van der Waals surface area contributed by atoms with Crippen molar-refractivity contribution in [3.05, 3.63) is 23.8 Å². The summed E-state index contributed by atoms with van der Waals surface area (Å²) in [6.45, 7) is -5.67. The molecule has 0 atom stereocenters. The van der Waals surface area contributed by atoms with Crippen LogP contribution in [0.1, 0.15) is 24.8 Å². The lowest BCUT2D eigenvalue weighted by Gasteiger charge is -2.27. The van der Waals surface area contributed by atoms with E-state index in [4.69, 9.17) is 0 Å². The van der Waals surface area contributed by atoms with E-state index in [1.54, 1.807) is 0 Å². The Morgan fingerprint density at radius 1 is 1.10 bits per heavy atom. The molecule has 1 fully saturated rings. The maximum absolute atomic E-state index is 12.3. The SMILES string of the molecule is FC(F)Oc1ccc(CNC2CCC2)c(OC(F)F)c1. The van der Waals surface area contributed by atoms with Crippen LogP contribution >= 0.6 is 0 Å². The molecule has 1 aliphatic rings. The minimum Gasteiger partial charge on any atom is -0.435 e. The smallest absolute Gasteiger partial charge is 0.387 e. The van der Waals surface area contributed by atoms with Crippen LogP contribution in [0.25, 0.3) is 0 Å². The van der Waals surface area contributed by atoms with Gasteiger partial charge < -0.3 is 14.8 Å². The van der Waals surface area contributed by atoms with Gasteiger partial charge in [0.05, 0.1) is 0 Å². The van der Waals surface area contributed by atoms with E-state index in [9.17, 15) is 17.6 Å². The fourth-order valence-corrected chi connectivity index (χ4v) is 1.93. The van der Waals surface area contributed by atoms with Gasteiger partial charge in [-0.15, -0.1) is 0 Å². The molecule has 1 aliphatic carbocycles. The van der Waals surface area contributed by atoms with E-state index in [0.717, 1.165) is 25.3 Å². The highest BCUT2D eigenvalue weighted by Crippen LogP contribution is 2.28. The molecule has 0 aliphatic heterocycles. The van der Waals surface area contributed by atoms with E-state index in [2.05, 4.69) is 14.8 Å². The Morgan fingerprint density at radius 2 is 1.80 bits per heavy atom. The van der Waals surface area contributed by atoms with Crippen molar-refractivity contribution in [1.29, 1.82) is 0 Å². The monoisotopic (exact) mass is 293 g/mol. The molecule has 0 amide bonds. The van der Waals surface area contributed by atoms with Crippen molar-refractivity contribution in [3.8, 4) is 11.5 Å². The summed E-state index contributed by atoms with van der Waals surface area (Å²) in [7, 11) is 0. The van der Waals surface area contributed by atoms with Gasteiger partial charge in [-0.3, -0.25) is 0 Å². The van der Waals surface area contributed by atoms with Crippen molar-refractivity contribution in [1.82, 2.24) is 5.32 Å². The molecule has 0 saturated heterocycles. The van der Waals surface area contributed by atoms with Gasteiger partial charge in [0.1, 0.15) is 11.5 Å². The first-order chi connectivity index (χ1) is 9.54.